The first-order chi connectivity index (χ1) is 16.2. The molecule has 0 saturated carbocycles. The minimum absolute atomic E-state index is 0.0648. The molecular formula is C26H28N2O5S2. The maximum atomic E-state index is 13.9. The largest absolute Gasteiger partial charge is 0.379 e. The van der Waals surface area contributed by atoms with E-state index in [1.54, 1.807) is 36.4 Å². The van der Waals surface area contributed by atoms with Crippen molar-refractivity contribution in [2.45, 2.75) is 42.6 Å². The van der Waals surface area contributed by atoms with Crippen LogP contribution in [0.15, 0.2) is 88.8 Å². The highest BCUT2D eigenvalue weighted by atomic mass is 32.2. The van der Waals surface area contributed by atoms with Crippen molar-refractivity contribution < 1.29 is 21.9 Å². The topological polar surface area (TPSA) is 106 Å². The lowest BCUT2D eigenvalue weighted by atomic mass is 9.76. The Morgan fingerprint density at radius 3 is 2.06 bits per heavy atom. The fourth-order valence-electron chi connectivity index (χ4n) is 4.33. The van der Waals surface area contributed by atoms with Gasteiger partial charge < -0.3 is 5.11 Å². The van der Waals surface area contributed by atoms with Crippen molar-refractivity contribution >= 4 is 30.9 Å². The van der Waals surface area contributed by atoms with Crippen LogP contribution in [0.3, 0.4) is 0 Å². The van der Waals surface area contributed by atoms with Crippen LogP contribution in [-0.4, -0.2) is 37.2 Å². The normalized spacial score (nSPS) is 14.7. The van der Waals surface area contributed by atoms with Gasteiger partial charge in [0.2, 0.25) is 0 Å². The first-order valence-corrected chi connectivity index (χ1v) is 14.4. The maximum Gasteiger partial charge on any atom is 0.269 e. The molecule has 0 bridgehead atoms. The number of hydrogen-bond donors (Lipinski definition) is 1. The molecule has 9 heteroatoms. The van der Waals surface area contributed by atoms with Crippen molar-refractivity contribution in [3.05, 3.63) is 90.3 Å². The molecule has 0 aliphatic heterocycles. The van der Waals surface area contributed by atoms with Crippen molar-refractivity contribution in [1.82, 2.24) is 8.96 Å². The van der Waals surface area contributed by atoms with Crippen molar-refractivity contribution in [3.8, 4) is 0 Å². The van der Waals surface area contributed by atoms with E-state index in [2.05, 4.69) is 4.98 Å². The van der Waals surface area contributed by atoms with E-state index >= 15 is 0 Å². The van der Waals surface area contributed by atoms with Crippen molar-refractivity contribution in [3.63, 3.8) is 0 Å². The van der Waals surface area contributed by atoms with E-state index in [-0.39, 0.29) is 27.6 Å². The third kappa shape index (κ3) is 4.76. The molecule has 7 nitrogen and oxygen atoms in total. The van der Waals surface area contributed by atoms with Crippen molar-refractivity contribution in [2.75, 3.05) is 6.26 Å². The van der Waals surface area contributed by atoms with Gasteiger partial charge in [-0.15, -0.1) is 0 Å². The standard InChI is InChI=1S/C26H28N2O5S2/c1-25(2,3)18-26(29,20-12-14-21(15-13-20)34(4,30)31)23-17-19-9-8-16-27-24(19)28(23)35(32,33)22-10-6-5-7-11-22/h5-17,29H,18H2,1-4H3. The smallest absolute Gasteiger partial charge is 0.269 e. The molecule has 0 radical (unpaired) electrons. The first-order valence-electron chi connectivity index (χ1n) is 11.0. The molecule has 1 unspecified atom stereocenters. The average Bonchev–Trinajstić information content (AvgIpc) is 3.19. The van der Waals surface area contributed by atoms with Gasteiger partial charge in [-0.2, -0.15) is 0 Å². The molecule has 0 aliphatic rings. The summed E-state index contributed by atoms with van der Waals surface area (Å²) in [5.41, 5.74) is -1.47. The summed E-state index contributed by atoms with van der Waals surface area (Å²) >= 11 is 0. The summed E-state index contributed by atoms with van der Waals surface area (Å²) in [7, 11) is -7.58. The summed E-state index contributed by atoms with van der Waals surface area (Å²) in [5, 5.41) is 12.9. The Hall–Kier alpha value is -3.01. The van der Waals surface area contributed by atoms with Crippen LogP contribution in [-0.2, 0) is 25.5 Å². The number of aromatic nitrogens is 2. The van der Waals surface area contributed by atoms with E-state index in [1.165, 1.54) is 42.6 Å². The lowest BCUT2D eigenvalue weighted by Crippen LogP contribution is -2.36. The highest BCUT2D eigenvalue weighted by Gasteiger charge is 2.41. The van der Waals surface area contributed by atoms with Crippen LogP contribution in [0.4, 0.5) is 0 Å². The van der Waals surface area contributed by atoms with Gasteiger partial charge in [0.15, 0.2) is 15.5 Å². The minimum Gasteiger partial charge on any atom is -0.379 e. The molecule has 0 aliphatic carbocycles. The SMILES string of the molecule is CC(C)(C)CC(O)(c1ccc(S(C)(=O)=O)cc1)c1cc2cccnc2n1S(=O)(=O)c1ccccc1. The third-order valence-electron chi connectivity index (χ3n) is 5.77. The molecule has 35 heavy (non-hydrogen) atoms. The quantitative estimate of drug-likeness (QED) is 0.412. The second kappa shape index (κ2) is 8.58. The van der Waals surface area contributed by atoms with E-state index in [0.29, 0.717) is 10.9 Å². The molecule has 0 saturated heterocycles. The lowest BCUT2D eigenvalue weighted by molar-refractivity contribution is 0.0317. The molecule has 1 N–H and O–H groups in total. The summed E-state index contributed by atoms with van der Waals surface area (Å²) in [5.74, 6) is 0. The molecule has 0 fully saturated rings. The molecule has 184 valence electrons. The molecule has 4 aromatic rings. The molecule has 2 aromatic heterocycles. The Morgan fingerprint density at radius 1 is 0.857 bits per heavy atom. The van der Waals surface area contributed by atoms with Crippen LogP contribution in [0.5, 0.6) is 0 Å². The van der Waals surface area contributed by atoms with Gasteiger partial charge >= 0.3 is 0 Å². The number of benzene rings is 2. The highest BCUT2D eigenvalue weighted by Crippen LogP contribution is 2.43. The van der Waals surface area contributed by atoms with Gasteiger partial charge in [-0.3, -0.25) is 0 Å². The molecule has 4 rings (SSSR count). The van der Waals surface area contributed by atoms with Gasteiger partial charge in [-0.1, -0.05) is 51.1 Å². The fourth-order valence-corrected chi connectivity index (χ4v) is 6.51. The fraction of sp³-hybridized carbons (Fsp3) is 0.269. The Morgan fingerprint density at radius 2 is 1.49 bits per heavy atom. The van der Waals surface area contributed by atoms with Crippen LogP contribution in [0, 0.1) is 5.41 Å². The summed E-state index contributed by atoms with van der Waals surface area (Å²) in [6.45, 7) is 5.83. The highest BCUT2D eigenvalue weighted by molar-refractivity contribution is 7.90. The van der Waals surface area contributed by atoms with E-state index in [9.17, 15) is 21.9 Å². The number of nitrogens with zero attached hydrogens (tertiary/aromatic N) is 2. The molecule has 0 spiro atoms. The monoisotopic (exact) mass is 512 g/mol. The van der Waals surface area contributed by atoms with Gasteiger partial charge in [-0.25, -0.2) is 25.8 Å². The molecule has 1 atom stereocenters. The minimum atomic E-state index is -4.13. The number of hydrogen-bond acceptors (Lipinski definition) is 6. The van der Waals surface area contributed by atoms with Crippen LogP contribution in [0.1, 0.15) is 38.4 Å². The van der Waals surface area contributed by atoms with Crippen molar-refractivity contribution in [2.24, 2.45) is 5.41 Å². The van der Waals surface area contributed by atoms with Gasteiger partial charge in [-0.05, 0) is 59.9 Å². The van der Waals surface area contributed by atoms with Crippen LogP contribution >= 0.6 is 0 Å². The van der Waals surface area contributed by atoms with Crippen LogP contribution < -0.4 is 0 Å². The van der Waals surface area contributed by atoms with Gasteiger partial charge in [0, 0.05) is 17.8 Å². The predicted octanol–water partition coefficient (Wildman–Crippen LogP) is 4.35. The third-order valence-corrected chi connectivity index (χ3v) is 8.62. The van der Waals surface area contributed by atoms with Gasteiger partial charge in [0.1, 0.15) is 5.60 Å². The Bertz CT molecular complexity index is 1590. The number of rotatable bonds is 6. The zero-order chi connectivity index (χ0) is 25.6. The molecule has 2 aromatic carbocycles. The Balaban J connectivity index is 2.06. The Kier molecular flexibility index (Phi) is 6.15. The molecule has 0 amide bonds. The first kappa shape index (κ1) is 25.1. The van der Waals surface area contributed by atoms with Crippen LogP contribution in [0.2, 0.25) is 0 Å². The molecule has 2 heterocycles. The number of pyridine rings is 1. The maximum absolute atomic E-state index is 13.9. The van der Waals surface area contributed by atoms with E-state index in [1.807, 2.05) is 20.8 Å². The summed E-state index contributed by atoms with van der Waals surface area (Å²) in [6, 6.07) is 19.0. The van der Waals surface area contributed by atoms with Crippen LogP contribution in [0.25, 0.3) is 11.0 Å². The second-order valence-electron chi connectivity index (χ2n) is 9.92. The zero-order valence-electron chi connectivity index (χ0n) is 20.0. The predicted molar refractivity (Wildman–Crippen MR) is 135 cm³/mol. The number of fused-ring (bicyclic) bond motifs is 1. The zero-order valence-corrected chi connectivity index (χ0v) is 21.6. The molecular weight excluding hydrogens is 484 g/mol. The van der Waals surface area contributed by atoms with Gasteiger partial charge in [0.05, 0.1) is 15.5 Å². The summed E-state index contributed by atoms with van der Waals surface area (Å²) in [4.78, 5) is 4.51. The average molecular weight is 513 g/mol. The number of sulfone groups is 1. The Labute approximate surface area is 206 Å². The summed E-state index contributed by atoms with van der Waals surface area (Å²) < 4.78 is 52.9. The van der Waals surface area contributed by atoms with E-state index < -0.39 is 30.9 Å². The second-order valence-corrected chi connectivity index (χ2v) is 13.7. The van der Waals surface area contributed by atoms with Crippen molar-refractivity contribution in [1.29, 1.82) is 0 Å². The van der Waals surface area contributed by atoms with E-state index in [0.717, 1.165) is 10.2 Å². The van der Waals surface area contributed by atoms with Gasteiger partial charge in [0.25, 0.3) is 10.0 Å². The number of aliphatic hydroxyl groups is 1. The lowest BCUT2D eigenvalue weighted by Gasteiger charge is -2.35. The van der Waals surface area contributed by atoms with E-state index in [4.69, 9.17) is 0 Å². The summed E-state index contributed by atoms with van der Waals surface area (Å²) in [6.07, 6.45) is 2.78.